The zero-order valence-electron chi connectivity index (χ0n) is 14.5. The molecular formula is C19H30O2. The van der Waals surface area contributed by atoms with Gasteiger partial charge in [0.05, 0.1) is 6.61 Å². The molecule has 0 aromatic heterocycles. The van der Waals surface area contributed by atoms with E-state index in [2.05, 4.69) is 46.8 Å². The fourth-order valence-electron chi connectivity index (χ4n) is 2.60. The van der Waals surface area contributed by atoms with Crippen molar-refractivity contribution in [3.05, 3.63) is 34.4 Å². The molecule has 1 aromatic rings. The molecule has 0 aliphatic rings. The fourth-order valence-corrected chi connectivity index (χ4v) is 2.60. The van der Waals surface area contributed by atoms with E-state index in [0.29, 0.717) is 31.8 Å². The second-order valence-electron chi connectivity index (χ2n) is 6.82. The third-order valence-electron chi connectivity index (χ3n) is 3.96. The van der Waals surface area contributed by atoms with Crippen LogP contribution in [-0.2, 0) is 21.4 Å². The first-order chi connectivity index (χ1) is 9.75. The molecule has 2 nitrogen and oxygen atoms in total. The normalized spacial score (nSPS) is 11.7. The molecule has 0 unspecified atom stereocenters. The molecule has 0 aliphatic carbocycles. The molecule has 0 bridgehead atoms. The highest BCUT2D eigenvalue weighted by Gasteiger charge is 2.18. The molecule has 0 N–H and O–H groups in total. The molecule has 1 rings (SSSR count). The van der Waals surface area contributed by atoms with Crippen LogP contribution in [0, 0.1) is 13.8 Å². The van der Waals surface area contributed by atoms with Crippen LogP contribution in [-0.4, -0.2) is 19.0 Å². The predicted molar refractivity (Wildman–Crippen MR) is 89.1 cm³/mol. The fraction of sp³-hybridized carbons (Fsp3) is 0.632. The number of hydrogen-bond donors (Lipinski definition) is 0. The molecule has 2 heteroatoms. The molecular weight excluding hydrogens is 260 g/mol. The molecule has 0 saturated heterocycles. The van der Waals surface area contributed by atoms with Crippen molar-refractivity contribution in [3.8, 4) is 0 Å². The second-order valence-corrected chi connectivity index (χ2v) is 6.82. The standard InChI is InChI=1S/C19H30O2/c1-7-21-11-10-17(20)9-8-16-12-14(2)15(3)18(13-16)19(4,5)6/h12-13H,7-11H2,1-6H3. The van der Waals surface area contributed by atoms with Crippen LogP contribution in [0.5, 0.6) is 0 Å². The summed E-state index contributed by atoms with van der Waals surface area (Å²) in [5.74, 6) is 0.291. The Balaban J connectivity index is 2.72. The summed E-state index contributed by atoms with van der Waals surface area (Å²) in [5.41, 5.74) is 5.49. The average molecular weight is 290 g/mol. The van der Waals surface area contributed by atoms with Gasteiger partial charge in [-0.25, -0.2) is 0 Å². The summed E-state index contributed by atoms with van der Waals surface area (Å²) in [4.78, 5) is 11.8. The molecule has 0 radical (unpaired) electrons. The predicted octanol–water partition coefficient (Wildman–Crippen LogP) is 4.53. The van der Waals surface area contributed by atoms with Crippen molar-refractivity contribution < 1.29 is 9.53 Å². The van der Waals surface area contributed by atoms with Crippen LogP contribution in [0.4, 0.5) is 0 Å². The van der Waals surface area contributed by atoms with Crippen molar-refractivity contribution >= 4 is 5.78 Å². The lowest BCUT2D eigenvalue weighted by molar-refractivity contribution is -0.120. The van der Waals surface area contributed by atoms with Gasteiger partial charge in [-0.3, -0.25) is 4.79 Å². The van der Waals surface area contributed by atoms with E-state index in [1.807, 2.05) is 6.92 Å². The van der Waals surface area contributed by atoms with Crippen LogP contribution in [0.1, 0.15) is 62.8 Å². The molecule has 1 aromatic carbocycles. The first-order valence-electron chi connectivity index (χ1n) is 7.95. The Morgan fingerprint density at radius 3 is 2.38 bits per heavy atom. The summed E-state index contributed by atoms with van der Waals surface area (Å²) in [6.07, 6.45) is 1.97. The number of carbonyl (C=O) groups is 1. The Hall–Kier alpha value is -1.15. The van der Waals surface area contributed by atoms with E-state index < -0.39 is 0 Å². The smallest absolute Gasteiger partial charge is 0.135 e. The van der Waals surface area contributed by atoms with E-state index in [-0.39, 0.29) is 5.41 Å². The van der Waals surface area contributed by atoms with E-state index in [1.54, 1.807) is 0 Å². The van der Waals surface area contributed by atoms with Gasteiger partial charge in [0, 0.05) is 19.4 Å². The topological polar surface area (TPSA) is 26.3 Å². The number of Topliss-reactive ketones (excluding diaryl/α,β-unsaturated/α-hetero) is 1. The lowest BCUT2D eigenvalue weighted by Gasteiger charge is -2.24. The van der Waals surface area contributed by atoms with Crippen LogP contribution in [0.2, 0.25) is 0 Å². The second kappa shape index (κ2) is 7.74. The van der Waals surface area contributed by atoms with Gasteiger partial charge in [0.1, 0.15) is 5.78 Å². The van der Waals surface area contributed by atoms with Gasteiger partial charge in [0.25, 0.3) is 0 Å². The lowest BCUT2D eigenvalue weighted by Crippen LogP contribution is -2.15. The summed E-state index contributed by atoms with van der Waals surface area (Å²) in [7, 11) is 0. The van der Waals surface area contributed by atoms with Crippen molar-refractivity contribution in [2.24, 2.45) is 0 Å². The zero-order valence-corrected chi connectivity index (χ0v) is 14.5. The Labute approximate surface area is 129 Å². The number of carbonyl (C=O) groups excluding carboxylic acids is 1. The molecule has 118 valence electrons. The van der Waals surface area contributed by atoms with E-state index >= 15 is 0 Å². The van der Waals surface area contributed by atoms with Crippen LogP contribution >= 0.6 is 0 Å². The minimum atomic E-state index is 0.143. The molecule has 0 aliphatic heterocycles. The Morgan fingerprint density at radius 1 is 1.14 bits per heavy atom. The summed E-state index contributed by atoms with van der Waals surface area (Å²) in [6, 6.07) is 4.50. The molecule has 0 saturated carbocycles. The monoisotopic (exact) mass is 290 g/mol. The lowest BCUT2D eigenvalue weighted by atomic mass is 9.81. The van der Waals surface area contributed by atoms with E-state index in [4.69, 9.17) is 4.74 Å². The van der Waals surface area contributed by atoms with Gasteiger partial charge in [-0.05, 0) is 54.9 Å². The summed E-state index contributed by atoms with van der Waals surface area (Å²) in [6.45, 7) is 14.3. The third kappa shape index (κ3) is 5.62. The summed E-state index contributed by atoms with van der Waals surface area (Å²) < 4.78 is 5.23. The maximum absolute atomic E-state index is 11.8. The van der Waals surface area contributed by atoms with Gasteiger partial charge in [-0.2, -0.15) is 0 Å². The molecule has 0 heterocycles. The molecule has 21 heavy (non-hydrogen) atoms. The number of aryl methyl sites for hydroxylation is 2. The SMILES string of the molecule is CCOCCC(=O)CCc1cc(C)c(C)c(C(C)(C)C)c1. The van der Waals surface area contributed by atoms with Crippen molar-refractivity contribution in [2.75, 3.05) is 13.2 Å². The maximum atomic E-state index is 11.8. The van der Waals surface area contributed by atoms with E-state index in [9.17, 15) is 4.79 Å². The Morgan fingerprint density at radius 2 is 1.81 bits per heavy atom. The third-order valence-corrected chi connectivity index (χ3v) is 3.96. The van der Waals surface area contributed by atoms with Crippen molar-refractivity contribution in [1.82, 2.24) is 0 Å². The van der Waals surface area contributed by atoms with Crippen LogP contribution in [0.3, 0.4) is 0 Å². The summed E-state index contributed by atoms with van der Waals surface area (Å²) >= 11 is 0. The van der Waals surface area contributed by atoms with Gasteiger partial charge in [-0.1, -0.05) is 32.9 Å². The molecule has 0 atom stereocenters. The number of hydrogen-bond acceptors (Lipinski definition) is 2. The average Bonchev–Trinajstić information content (AvgIpc) is 2.39. The molecule has 0 fully saturated rings. The van der Waals surface area contributed by atoms with Gasteiger partial charge < -0.3 is 4.74 Å². The number of benzene rings is 1. The van der Waals surface area contributed by atoms with Gasteiger partial charge in [0.2, 0.25) is 0 Å². The van der Waals surface area contributed by atoms with Gasteiger partial charge in [-0.15, -0.1) is 0 Å². The Kier molecular flexibility index (Phi) is 6.60. The molecule has 0 spiro atoms. The number of ketones is 1. The number of ether oxygens (including phenoxy) is 1. The highest BCUT2D eigenvalue weighted by molar-refractivity contribution is 5.78. The highest BCUT2D eigenvalue weighted by Crippen LogP contribution is 2.29. The first kappa shape index (κ1) is 17.9. The minimum absolute atomic E-state index is 0.143. The van der Waals surface area contributed by atoms with Crippen molar-refractivity contribution in [2.45, 2.75) is 66.2 Å². The van der Waals surface area contributed by atoms with E-state index in [1.165, 1.54) is 22.3 Å². The Bertz CT molecular complexity index is 481. The first-order valence-corrected chi connectivity index (χ1v) is 7.95. The van der Waals surface area contributed by atoms with Crippen LogP contribution in [0.25, 0.3) is 0 Å². The minimum Gasteiger partial charge on any atom is -0.381 e. The van der Waals surface area contributed by atoms with Gasteiger partial charge >= 0.3 is 0 Å². The summed E-state index contributed by atoms with van der Waals surface area (Å²) in [5, 5.41) is 0. The van der Waals surface area contributed by atoms with Crippen LogP contribution < -0.4 is 0 Å². The zero-order chi connectivity index (χ0) is 16.0. The van der Waals surface area contributed by atoms with Crippen molar-refractivity contribution in [1.29, 1.82) is 0 Å². The largest absolute Gasteiger partial charge is 0.381 e. The highest BCUT2D eigenvalue weighted by atomic mass is 16.5. The van der Waals surface area contributed by atoms with E-state index in [0.717, 1.165) is 6.42 Å². The van der Waals surface area contributed by atoms with Crippen molar-refractivity contribution in [3.63, 3.8) is 0 Å². The van der Waals surface area contributed by atoms with Gasteiger partial charge in [0.15, 0.2) is 0 Å². The molecule has 0 amide bonds. The van der Waals surface area contributed by atoms with Crippen LogP contribution in [0.15, 0.2) is 12.1 Å². The quantitative estimate of drug-likeness (QED) is 0.690. The maximum Gasteiger partial charge on any atom is 0.135 e. The number of rotatable bonds is 7.